The van der Waals surface area contributed by atoms with Gasteiger partial charge in [0.2, 0.25) is 0 Å². The molecule has 3 atom stereocenters. The lowest BCUT2D eigenvalue weighted by molar-refractivity contribution is 0.0794. The van der Waals surface area contributed by atoms with Crippen LogP contribution in [0.1, 0.15) is 81.2 Å². The predicted molar refractivity (Wildman–Crippen MR) is 114 cm³/mol. The van der Waals surface area contributed by atoms with Gasteiger partial charge in [-0.05, 0) is 66.0 Å². The van der Waals surface area contributed by atoms with Crippen LogP contribution in [0.4, 0.5) is 0 Å². The van der Waals surface area contributed by atoms with E-state index in [-0.39, 0.29) is 12.0 Å². The van der Waals surface area contributed by atoms with Gasteiger partial charge in [0.1, 0.15) is 5.82 Å². The van der Waals surface area contributed by atoms with E-state index in [1.54, 1.807) is 0 Å². The molecule has 1 heterocycles. The Morgan fingerprint density at radius 1 is 1.03 bits per heavy atom. The zero-order valence-corrected chi connectivity index (χ0v) is 17.7. The molecular formula is C23H36N4O2. The Labute approximate surface area is 174 Å². The van der Waals surface area contributed by atoms with E-state index in [1.165, 1.54) is 36.8 Å². The normalized spacial score (nSPS) is 21.7. The van der Waals surface area contributed by atoms with Crippen LogP contribution in [0.2, 0.25) is 0 Å². The fourth-order valence-corrected chi connectivity index (χ4v) is 4.42. The highest BCUT2D eigenvalue weighted by atomic mass is 16.5. The van der Waals surface area contributed by atoms with Crippen molar-refractivity contribution in [1.29, 1.82) is 0 Å². The predicted octanol–water partition coefficient (Wildman–Crippen LogP) is 4.22. The summed E-state index contributed by atoms with van der Waals surface area (Å²) in [5, 5.41) is 24.4. The number of aliphatic hydroxyl groups excluding tert-OH is 1. The molecule has 2 N–H and O–H groups in total. The van der Waals surface area contributed by atoms with Crippen molar-refractivity contribution in [2.75, 3.05) is 13.2 Å². The van der Waals surface area contributed by atoms with Gasteiger partial charge in [-0.25, -0.2) is 5.10 Å². The van der Waals surface area contributed by atoms with Gasteiger partial charge in [-0.1, -0.05) is 50.5 Å². The SMILES string of the molecule is CCCCCCc1ccc(C2C(O)CCC2COCCCCc2nnn[nH]2)cc1. The zero-order valence-electron chi connectivity index (χ0n) is 17.7. The van der Waals surface area contributed by atoms with E-state index in [2.05, 4.69) is 51.8 Å². The molecule has 0 spiro atoms. The van der Waals surface area contributed by atoms with Crippen LogP contribution < -0.4 is 0 Å². The molecule has 6 nitrogen and oxygen atoms in total. The number of H-pyrrole nitrogens is 1. The van der Waals surface area contributed by atoms with Gasteiger partial charge in [-0.15, -0.1) is 5.10 Å². The number of nitrogens with zero attached hydrogens (tertiary/aromatic N) is 3. The minimum atomic E-state index is -0.252. The van der Waals surface area contributed by atoms with Crippen LogP contribution in [0.5, 0.6) is 0 Å². The molecular weight excluding hydrogens is 364 g/mol. The maximum atomic E-state index is 10.6. The topological polar surface area (TPSA) is 83.9 Å². The zero-order chi connectivity index (χ0) is 20.3. The van der Waals surface area contributed by atoms with Gasteiger partial charge in [-0.3, -0.25) is 0 Å². The largest absolute Gasteiger partial charge is 0.392 e. The molecule has 0 aliphatic heterocycles. The Bertz CT molecular complexity index is 675. The monoisotopic (exact) mass is 400 g/mol. The summed E-state index contributed by atoms with van der Waals surface area (Å²) in [6, 6.07) is 8.96. The number of nitrogens with one attached hydrogen (secondary N) is 1. The van der Waals surface area contributed by atoms with Crippen LogP contribution in [0, 0.1) is 5.92 Å². The van der Waals surface area contributed by atoms with Crippen molar-refractivity contribution in [1.82, 2.24) is 20.6 Å². The standard InChI is InChI=1S/C23H36N4O2/c1-2-3-4-5-8-18-10-12-19(13-11-18)23-20(14-15-21(23)28)17-29-16-7-6-9-22-24-26-27-25-22/h10-13,20-21,23,28H,2-9,14-17H2,1H3,(H,24,25,26,27). The van der Waals surface area contributed by atoms with Crippen LogP contribution in [0.25, 0.3) is 0 Å². The fourth-order valence-electron chi connectivity index (χ4n) is 4.42. The molecule has 29 heavy (non-hydrogen) atoms. The van der Waals surface area contributed by atoms with Crippen LogP contribution in [0.15, 0.2) is 24.3 Å². The molecule has 0 amide bonds. The van der Waals surface area contributed by atoms with Crippen molar-refractivity contribution < 1.29 is 9.84 Å². The van der Waals surface area contributed by atoms with Gasteiger partial charge < -0.3 is 9.84 Å². The number of benzene rings is 1. The summed E-state index contributed by atoms with van der Waals surface area (Å²) in [6.45, 7) is 3.72. The first-order valence-electron chi connectivity index (χ1n) is 11.3. The van der Waals surface area contributed by atoms with E-state index in [9.17, 15) is 5.11 Å². The second-order valence-corrected chi connectivity index (χ2v) is 8.36. The average Bonchev–Trinajstić information content (AvgIpc) is 3.38. The molecule has 1 aromatic heterocycles. The molecule has 2 aromatic rings. The number of hydrogen-bond acceptors (Lipinski definition) is 5. The van der Waals surface area contributed by atoms with Crippen molar-refractivity contribution >= 4 is 0 Å². The maximum absolute atomic E-state index is 10.6. The maximum Gasteiger partial charge on any atom is 0.148 e. The Balaban J connectivity index is 1.40. The highest BCUT2D eigenvalue weighted by molar-refractivity contribution is 5.28. The lowest BCUT2D eigenvalue weighted by Crippen LogP contribution is -2.20. The van der Waals surface area contributed by atoms with Gasteiger partial charge in [0.05, 0.1) is 12.7 Å². The van der Waals surface area contributed by atoms with Gasteiger partial charge in [0, 0.05) is 18.9 Å². The molecule has 1 aliphatic carbocycles. The Morgan fingerprint density at radius 3 is 2.62 bits per heavy atom. The molecule has 1 aromatic carbocycles. The summed E-state index contributed by atoms with van der Waals surface area (Å²) in [6.07, 6.45) is 10.8. The van der Waals surface area contributed by atoms with E-state index in [4.69, 9.17) is 4.74 Å². The summed E-state index contributed by atoms with van der Waals surface area (Å²) < 4.78 is 5.96. The molecule has 1 saturated carbocycles. The third kappa shape index (κ3) is 6.89. The van der Waals surface area contributed by atoms with Gasteiger partial charge >= 0.3 is 0 Å². The van der Waals surface area contributed by atoms with Crippen LogP contribution in [-0.4, -0.2) is 45.0 Å². The third-order valence-electron chi connectivity index (χ3n) is 6.11. The molecule has 160 valence electrons. The van der Waals surface area contributed by atoms with Gasteiger partial charge in [-0.2, -0.15) is 0 Å². The summed E-state index contributed by atoms with van der Waals surface area (Å²) in [5.41, 5.74) is 2.67. The molecule has 1 fully saturated rings. The van der Waals surface area contributed by atoms with Crippen molar-refractivity contribution in [3.8, 4) is 0 Å². The van der Waals surface area contributed by atoms with Crippen molar-refractivity contribution in [2.45, 2.75) is 83.2 Å². The Hall–Kier alpha value is -1.79. The molecule has 6 heteroatoms. The quantitative estimate of drug-likeness (QED) is 0.492. The first-order valence-corrected chi connectivity index (χ1v) is 11.3. The second kappa shape index (κ2) is 12.0. The summed E-state index contributed by atoms with van der Waals surface area (Å²) in [7, 11) is 0. The van der Waals surface area contributed by atoms with Crippen molar-refractivity contribution in [3.05, 3.63) is 41.2 Å². The summed E-state index contributed by atoms with van der Waals surface area (Å²) in [5.74, 6) is 1.43. The van der Waals surface area contributed by atoms with Crippen molar-refractivity contribution in [3.63, 3.8) is 0 Å². The molecule has 0 bridgehead atoms. The molecule has 3 unspecified atom stereocenters. The summed E-state index contributed by atoms with van der Waals surface area (Å²) in [4.78, 5) is 0. The Kier molecular flexibility index (Phi) is 9.09. The van der Waals surface area contributed by atoms with E-state index >= 15 is 0 Å². The van der Waals surface area contributed by atoms with E-state index in [1.807, 2.05) is 0 Å². The van der Waals surface area contributed by atoms with Crippen LogP contribution in [0.3, 0.4) is 0 Å². The first-order chi connectivity index (χ1) is 14.3. The minimum Gasteiger partial charge on any atom is -0.392 e. The number of tetrazole rings is 1. The number of aliphatic hydroxyl groups is 1. The smallest absolute Gasteiger partial charge is 0.148 e. The molecule has 0 radical (unpaired) electrons. The van der Waals surface area contributed by atoms with E-state index in [0.717, 1.165) is 57.6 Å². The minimum absolute atomic E-state index is 0.199. The number of aromatic amines is 1. The fraction of sp³-hybridized carbons (Fsp3) is 0.696. The summed E-state index contributed by atoms with van der Waals surface area (Å²) >= 11 is 0. The molecule has 0 saturated heterocycles. The molecule has 1 aliphatic rings. The number of aryl methyl sites for hydroxylation is 2. The third-order valence-corrected chi connectivity index (χ3v) is 6.11. The average molecular weight is 401 g/mol. The lowest BCUT2D eigenvalue weighted by atomic mass is 9.87. The first kappa shape index (κ1) is 21.9. The Morgan fingerprint density at radius 2 is 1.86 bits per heavy atom. The van der Waals surface area contributed by atoms with Crippen molar-refractivity contribution in [2.24, 2.45) is 5.92 Å². The molecule has 3 rings (SSSR count). The highest BCUT2D eigenvalue weighted by Crippen LogP contribution is 2.40. The van der Waals surface area contributed by atoms with Crippen LogP contribution in [-0.2, 0) is 17.6 Å². The lowest BCUT2D eigenvalue weighted by Gasteiger charge is -2.23. The number of rotatable bonds is 13. The number of ether oxygens (including phenoxy) is 1. The van der Waals surface area contributed by atoms with E-state index < -0.39 is 0 Å². The number of unbranched alkanes of at least 4 members (excludes halogenated alkanes) is 4. The van der Waals surface area contributed by atoms with Gasteiger partial charge in [0.15, 0.2) is 0 Å². The van der Waals surface area contributed by atoms with Gasteiger partial charge in [0.25, 0.3) is 0 Å². The number of hydrogen-bond donors (Lipinski definition) is 2. The van der Waals surface area contributed by atoms with E-state index in [0.29, 0.717) is 5.92 Å². The second-order valence-electron chi connectivity index (χ2n) is 8.36. The van der Waals surface area contributed by atoms with Crippen LogP contribution >= 0.6 is 0 Å². The highest BCUT2D eigenvalue weighted by Gasteiger charge is 2.36. The number of aromatic nitrogens is 4.